The van der Waals surface area contributed by atoms with E-state index in [4.69, 9.17) is 19.3 Å². The van der Waals surface area contributed by atoms with Crippen LogP contribution in [0.3, 0.4) is 0 Å². The SMILES string of the molecule is CO.COc1cc2c(Nc3ccc(Oc4ccccc4OC)cc3)c(C#N)cnc2cc1C=O. The lowest BCUT2D eigenvalue weighted by molar-refractivity contribution is 0.112. The van der Waals surface area contributed by atoms with Crippen molar-refractivity contribution in [3.63, 3.8) is 0 Å². The topological polar surface area (TPSA) is 114 Å². The summed E-state index contributed by atoms with van der Waals surface area (Å²) >= 11 is 0. The average molecular weight is 457 g/mol. The Bertz CT molecular complexity index is 1330. The summed E-state index contributed by atoms with van der Waals surface area (Å²) in [5.41, 5.74) is 2.66. The highest BCUT2D eigenvalue weighted by Crippen LogP contribution is 2.35. The van der Waals surface area contributed by atoms with Gasteiger partial charge in [-0.15, -0.1) is 0 Å². The van der Waals surface area contributed by atoms with Gasteiger partial charge in [-0.25, -0.2) is 0 Å². The predicted molar refractivity (Wildman–Crippen MR) is 129 cm³/mol. The number of aldehydes is 1. The molecule has 4 rings (SSSR count). The fourth-order valence-electron chi connectivity index (χ4n) is 3.30. The van der Waals surface area contributed by atoms with Crippen LogP contribution in [0.4, 0.5) is 11.4 Å². The fourth-order valence-corrected chi connectivity index (χ4v) is 3.30. The molecule has 0 saturated carbocycles. The van der Waals surface area contributed by atoms with Gasteiger partial charge in [0, 0.05) is 24.4 Å². The predicted octanol–water partition coefficient (Wildman–Crippen LogP) is 5.08. The van der Waals surface area contributed by atoms with Crippen LogP contribution in [0.2, 0.25) is 0 Å². The van der Waals surface area contributed by atoms with E-state index < -0.39 is 0 Å². The van der Waals surface area contributed by atoms with E-state index in [1.165, 1.54) is 13.3 Å². The van der Waals surface area contributed by atoms with E-state index in [-0.39, 0.29) is 0 Å². The molecule has 0 radical (unpaired) electrons. The quantitative estimate of drug-likeness (QED) is 0.369. The minimum absolute atomic E-state index is 0.368. The molecule has 0 aliphatic carbocycles. The molecule has 0 spiro atoms. The Labute approximate surface area is 197 Å². The van der Waals surface area contributed by atoms with Crippen molar-refractivity contribution in [2.45, 2.75) is 0 Å². The number of nitrogens with one attached hydrogen (secondary N) is 1. The van der Waals surface area contributed by atoms with Gasteiger partial charge in [-0.05, 0) is 48.5 Å². The van der Waals surface area contributed by atoms with E-state index in [1.807, 2.05) is 48.5 Å². The molecule has 1 heterocycles. The van der Waals surface area contributed by atoms with Crippen LogP contribution in [-0.2, 0) is 0 Å². The molecule has 2 N–H and O–H groups in total. The Hall–Kier alpha value is -4.61. The van der Waals surface area contributed by atoms with Gasteiger partial charge in [-0.3, -0.25) is 9.78 Å². The Morgan fingerprint density at radius 3 is 2.26 bits per heavy atom. The van der Waals surface area contributed by atoms with Gasteiger partial charge in [0.25, 0.3) is 0 Å². The van der Waals surface area contributed by atoms with E-state index in [2.05, 4.69) is 16.4 Å². The highest BCUT2D eigenvalue weighted by molar-refractivity contribution is 5.99. The monoisotopic (exact) mass is 457 g/mol. The van der Waals surface area contributed by atoms with Crippen molar-refractivity contribution in [2.24, 2.45) is 0 Å². The smallest absolute Gasteiger partial charge is 0.169 e. The first kappa shape index (κ1) is 24.0. The fraction of sp³-hybridized carbons (Fsp3) is 0.115. The maximum absolute atomic E-state index is 11.3. The van der Waals surface area contributed by atoms with Crippen LogP contribution in [-0.4, -0.2) is 37.7 Å². The Morgan fingerprint density at radius 1 is 0.971 bits per heavy atom. The van der Waals surface area contributed by atoms with Gasteiger partial charge in [-0.2, -0.15) is 5.26 Å². The van der Waals surface area contributed by atoms with Crippen LogP contribution < -0.4 is 19.5 Å². The zero-order chi connectivity index (χ0) is 24.5. The molecule has 172 valence electrons. The number of hydrogen-bond donors (Lipinski definition) is 2. The summed E-state index contributed by atoms with van der Waals surface area (Å²) in [7, 11) is 4.08. The molecule has 8 nitrogen and oxygen atoms in total. The number of nitriles is 1. The second-order valence-electron chi connectivity index (χ2n) is 6.79. The standard InChI is InChI=1S/C25H19N3O4.CH4O/c1-30-22-5-3-4-6-23(22)32-19-9-7-18(8-10-19)28-25-17(13-26)14-27-21-11-16(15-29)24(31-2)12-20(21)25;1-2/h3-12,14-15H,1-2H3,(H,27,28);2H,1H3. The molecule has 8 heteroatoms. The number of carbonyl (C=O) groups excluding carboxylic acids is 1. The van der Waals surface area contributed by atoms with Gasteiger partial charge in [-0.1, -0.05) is 12.1 Å². The van der Waals surface area contributed by atoms with Gasteiger partial charge in [0.1, 0.15) is 17.6 Å². The highest BCUT2D eigenvalue weighted by atomic mass is 16.5. The Kier molecular flexibility index (Phi) is 8.00. The van der Waals surface area contributed by atoms with E-state index in [0.717, 1.165) is 12.8 Å². The van der Waals surface area contributed by atoms with Crippen LogP contribution >= 0.6 is 0 Å². The molecule has 3 aromatic carbocycles. The largest absolute Gasteiger partial charge is 0.496 e. The van der Waals surface area contributed by atoms with Gasteiger partial charge < -0.3 is 24.6 Å². The summed E-state index contributed by atoms with van der Waals surface area (Å²) in [5, 5.41) is 20.5. The van der Waals surface area contributed by atoms with Crippen molar-refractivity contribution < 1.29 is 24.1 Å². The number of anilines is 2. The van der Waals surface area contributed by atoms with Crippen LogP contribution in [0, 0.1) is 11.3 Å². The van der Waals surface area contributed by atoms with Crippen LogP contribution in [0.5, 0.6) is 23.0 Å². The van der Waals surface area contributed by atoms with E-state index >= 15 is 0 Å². The zero-order valence-electron chi connectivity index (χ0n) is 18.9. The second kappa shape index (κ2) is 11.3. The summed E-state index contributed by atoms with van der Waals surface area (Å²) in [6.07, 6.45) is 2.19. The molecule has 4 aromatic rings. The van der Waals surface area contributed by atoms with Crippen LogP contribution in [0.25, 0.3) is 10.9 Å². The van der Waals surface area contributed by atoms with Gasteiger partial charge in [0.2, 0.25) is 0 Å². The van der Waals surface area contributed by atoms with Gasteiger partial charge in [0.15, 0.2) is 17.8 Å². The number of aromatic nitrogens is 1. The summed E-state index contributed by atoms with van der Waals surface area (Å²) in [6.45, 7) is 0. The summed E-state index contributed by atoms with van der Waals surface area (Å²) < 4.78 is 16.5. The molecule has 0 bridgehead atoms. The Balaban J connectivity index is 0.00000158. The maximum atomic E-state index is 11.3. The molecule has 1 aromatic heterocycles. The molecule has 0 unspecified atom stereocenters. The van der Waals surface area contributed by atoms with Crippen molar-refractivity contribution in [3.8, 4) is 29.1 Å². The summed E-state index contributed by atoms with van der Waals surface area (Å²) in [6, 6.07) is 20.2. The lowest BCUT2D eigenvalue weighted by Crippen LogP contribution is -1.99. The van der Waals surface area contributed by atoms with Crippen molar-refractivity contribution in [2.75, 3.05) is 26.6 Å². The highest BCUT2D eigenvalue weighted by Gasteiger charge is 2.14. The van der Waals surface area contributed by atoms with Crippen molar-refractivity contribution >= 4 is 28.6 Å². The Morgan fingerprint density at radius 2 is 1.65 bits per heavy atom. The molecule has 0 amide bonds. The van der Waals surface area contributed by atoms with Crippen molar-refractivity contribution in [1.29, 1.82) is 5.26 Å². The number of aliphatic hydroxyl groups excluding tert-OH is 1. The number of pyridine rings is 1. The first-order valence-electron chi connectivity index (χ1n) is 10.2. The number of para-hydroxylation sites is 2. The number of benzene rings is 3. The minimum atomic E-state index is 0.368. The zero-order valence-corrected chi connectivity index (χ0v) is 18.9. The molecule has 0 atom stereocenters. The van der Waals surface area contributed by atoms with Crippen LogP contribution in [0.15, 0.2) is 66.9 Å². The van der Waals surface area contributed by atoms with Crippen molar-refractivity contribution in [3.05, 3.63) is 78.0 Å². The summed E-state index contributed by atoms with van der Waals surface area (Å²) in [5.74, 6) is 2.30. The lowest BCUT2D eigenvalue weighted by atomic mass is 10.1. The summed E-state index contributed by atoms with van der Waals surface area (Å²) in [4.78, 5) is 15.6. The number of nitrogens with zero attached hydrogens (tertiary/aromatic N) is 2. The minimum Gasteiger partial charge on any atom is -0.496 e. The third kappa shape index (κ3) is 5.06. The first-order chi connectivity index (χ1) is 16.7. The maximum Gasteiger partial charge on any atom is 0.169 e. The number of carbonyl (C=O) groups is 1. The molecule has 0 fully saturated rings. The number of methoxy groups -OCH3 is 2. The van der Waals surface area contributed by atoms with E-state index in [9.17, 15) is 10.1 Å². The normalized spacial score (nSPS) is 9.85. The molecular formula is C26H23N3O5. The molecule has 0 aliphatic heterocycles. The molecule has 0 saturated heterocycles. The average Bonchev–Trinajstić information content (AvgIpc) is 2.90. The van der Waals surface area contributed by atoms with Gasteiger partial charge in [0.05, 0.1) is 36.6 Å². The van der Waals surface area contributed by atoms with E-state index in [1.54, 1.807) is 19.2 Å². The number of aliphatic hydroxyl groups is 1. The van der Waals surface area contributed by atoms with E-state index in [0.29, 0.717) is 57.0 Å². The van der Waals surface area contributed by atoms with Crippen molar-refractivity contribution in [1.82, 2.24) is 4.98 Å². The number of rotatable bonds is 7. The first-order valence-corrected chi connectivity index (χ1v) is 10.2. The lowest BCUT2D eigenvalue weighted by Gasteiger charge is -2.14. The number of fused-ring (bicyclic) bond motifs is 1. The van der Waals surface area contributed by atoms with Crippen LogP contribution in [0.1, 0.15) is 15.9 Å². The third-order valence-electron chi connectivity index (χ3n) is 4.89. The molecule has 34 heavy (non-hydrogen) atoms. The number of ether oxygens (including phenoxy) is 3. The van der Waals surface area contributed by atoms with Gasteiger partial charge >= 0.3 is 0 Å². The molecular weight excluding hydrogens is 434 g/mol. The molecule has 0 aliphatic rings. The third-order valence-corrected chi connectivity index (χ3v) is 4.89. The number of hydrogen-bond acceptors (Lipinski definition) is 8. The second-order valence-corrected chi connectivity index (χ2v) is 6.79.